The van der Waals surface area contributed by atoms with E-state index in [9.17, 15) is 13.2 Å². The van der Waals surface area contributed by atoms with Gasteiger partial charge in [0.25, 0.3) is 0 Å². The van der Waals surface area contributed by atoms with Crippen molar-refractivity contribution in [3.63, 3.8) is 0 Å². The van der Waals surface area contributed by atoms with Crippen LogP contribution in [0.15, 0.2) is 47.4 Å². The fourth-order valence-corrected chi connectivity index (χ4v) is 6.94. The summed E-state index contributed by atoms with van der Waals surface area (Å²) in [7, 11) is -3.68. The van der Waals surface area contributed by atoms with Gasteiger partial charge in [0.2, 0.25) is 15.9 Å². The van der Waals surface area contributed by atoms with Crippen LogP contribution in [0.1, 0.15) is 49.7 Å². The first-order valence-corrected chi connectivity index (χ1v) is 14.2. The zero-order valence-corrected chi connectivity index (χ0v) is 22.2. The number of sulfonamides is 1. The molecule has 1 atom stereocenters. The van der Waals surface area contributed by atoms with Crippen LogP contribution in [0, 0.1) is 19.3 Å². The van der Waals surface area contributed by atoms with E-state index < -0.39 is 15.4 Å². The quantitative estimate of drug-likeness (QED) is 0.504. The van der Waals surface area contributed by atoms with Gasteiger partial charge in [-0.05, 0) is 87.4 Å². The standard InChI is InChI=1S/C27H35ClN2O4S/c1-21-8-6-9-24(16-21)35(32,33)30-15-7-12-27(19-30,18-26(31)29-13-4-3-5-14-29)20-34-23-10-11-25(28)22(2)17-23/h6,8-11,16-17H,3-5,7,12-15,18-20H2,1-2H3/t27-/m0/s1. The smallest absolute Gasteiger partial charge is 0.243 e. The van der Waals surface area contributed by atoms with Gasteiger partial charge < -0.3 is 9.64 Å². The molecule has 0 unspecified atom stereocenters. The minimum atomic E-state index is -3.68. The lowest BCUT2D eigenvalue weighted by Crippen LogP contribution is -2.51. The van der Waals surface area contributed by atoms with E-state index in [1.165, 1.54) is 0 Å². The van der Waals surface area contributed by atoms with E-state index in [1.807, 2.05) is 36.9 Å². The molecule has 4 rings (SSSR count). The zero-order valence-electron chi connectivity index (χ0n) is 20.6. The van der Waals surface area contributed by atoms with Gasteiger partial charge in [0, 0.05) is 43.0 Å². The van der Waals surface area contributed by atoms with Crippen LogP contribution in [0.2, 0.25) is 5.02 Å². The predicted molar refractivity (Wildman–Crippen MR) is 138 cm³/mol. The molecule has 8 heteroatoms. The van der Waals surface area contributed by atoms with E-state index >= 15 is 0 Å². The summed E-state index contributed by atoms with van der Waals surface area (Å²) in [6.45, 7) is 6.33. The topological polar surface area (TPSA) is 66.9 Å². The third kappa shape index (κ3) is 6.19. The number of hydrogen-bond donors (Lipinski definition) is 0. The summed E-state index contributed by atoms with van der Waals surface area (Å²) >= 11 is 6.17. The van der Waals surface area contributed by atoms with Gasteiger partial charge in [-0.2, -0.15) is 4.31 Å². The maximum atomic E-state index is 13.5. The molecule has 2 aliphatic rings. The molecule has 2 aromatic carbocycles. The fourth-order valence-electron chi connectivity index (χ4n) is 5.13. The maximum Gasteiger partial charge on any atom is 0.243 e. The van der Waals surface area contributed by atoms with Gasteiger partial charge in [-0.25, -0.2) is 8.42 Å². The number of halogens is 1. The Morgan fingerprint density at radius 1 is 1.03 bits per heavy atom. The van der Waals surface area contributed by atoms with Crippen molar-refractivity contribution in [2.75, 3.05) is 32.8 Å². The first-order valence-electron chi connectivity index (χ1n) is 12.4. The molecule has 0 aromatic heterocycles. The van der Waals surface area contributed by atoms with Crippen molar-refractivity contribution in [2.24, 2.45) is 5.41 Å². The van der Waals surface area contributed by atoms with Crippen molar-refractivity contribution in [3.8, 4) is 5.75 Å². The Bertz CT molecular complexity index is 1160. The molecule has 190 valence electrons. The molecule has 35 heavy (non-hydrogen) atoms. The Morgan fingerprint density at radius 2 is 1.80 bits per heavy atom. The summed E-state index contributed by atoms with van der Waals surface area (Å²) in [4.78, 5) is 15.6. The summed E-state index contributed by atoms with van der Waals surface area (Å²) in [5.74, 6) is 0.769. The predicted octanol–water partition coefficient (Wildman–Crippen LogP) is 5.21. The molecule has 1 amide bonds. The molecular formula is C27H35ClN2O4S. The molecule has 0 radical (unpaired) electrons. The van der Waals surface area contributed by atoms with Crippen molar-refractivity contribution < 1.29 is 17.9 Å². The van der Waals surface area contributed by atoms with E-state index in [2.05, 4.69) is 0 Å². The summed E-state index contributed by atoms with van der Waals surface area (Å²) in [6, 6.07) is 12.5. The second-order valence-corrected chi connectivity index (χ2v) is 12.4. The number of rotatable bonds is 7. The largest absolute Gasteiger partial charge is 0.493 e. The normalized spacial score (nSPS) is 21.6. The van der Waals surface area contributed by atoms with Crippen molar-refractivity contribution in [2.45, 2.75) is 57.3 Å². The summed E-state index contributed by atoms with van der Waals surface area (Å²) in [6.07, 6.45) is 4.89. The maximum absolute atomic E-state index is 13.5. The number of hydrogen-bond acceptors (Lipinski definition) is 4. The second kappa shape index (κ2) is 10.9. The van der Waals surface area contributed by atoms with E-state index in [4.69, 9.17) is 16.3 Å². The molecule has 0 bridgehead atoms. The molecule has 0 saturated carbocycles. The van der Waals surface area contributed by atoms with E-state index in [0.29, 0.717) is 28.6 Å². The minimum absolute atomic E-state index is 0.0930. The van der Waals surface area contributed by atoms with Crippen LogP contribution >= 0.6 is 11.6 Å². The van der Waals surface area contributed by atoms with Crippen molar-refractivity contribution in [3.05, 3.63) is 58.6 Å². The molecule has 2 saturated heterocycles. The highest BCUT2D eigenvalue weighted by Gasteiger charge is 2.43. The fraction of sp³-hybridized carbons (Fsp3) is 0.519. The van der Waals surface area contributed by atoms with Crippen LogP contribution in [0.4, 0.5) is 0 Å². The summed E-state index contributed by atoms with van der Waals surface area (Å²) in [5.41, 5.74) is 1.21. The lowest BCUT2D eigenvalue weighted by molar-refractivity contribution is -0.136. The average molecular weight is 519 g/mol. The van der Waals surface area contributed by atoms with Gasteiger partial charge in [0.15, 0.2) is 0 Å². The molecule has 0 spiro atoms. The number of likely N-dealkylation sites (tertiary alicyclic amines) is 1. The number of carbonyl (C=O) groups is 1. The monoisotopic (exact) mass is 518 g/mol. The first kappa shape index (κ1) is 26.0. The Labute approximate surface area is 214 Å². The van der Waals surface area contributed by atoms with Crippen LogP contribution in [0.3, 0.4) is 0 Å². The van der Waals surface area contributed by atoms with Gasteiger partial charge in [0.05, 0.1) is 11.5 Å². The highest BCUT2D eigenvalue weighted by molar-refractivity contribution is 7.89. The molecule has 2 heterocycles. The van der Waals surface area contributed by atoms with Crippen LogP contribution in [-0.2, 0) is 14.8 Å². The molecular weight excluding hydrogens is 484 g/mol. The lowest BCUT2D eigenvalue weighted by Gasteiger charge is -2.42. The molecule has 2 fully saturated rings. The highest BCUT2D eigenvalue weighted by atomic mass is 35.5. The molecule has 6 nitrogen and oxygen atoms in total. The van der Waals surface area contributed by atoms with Crippen LogP contribution in [0.5, 0.6) is 5.75 Å². The third-order valence-corrected chi connectivity index (χ3v) is 9.43. The molecule has 0 aliphatic carbocycles. The molecule has 2 aliphatic heterocycles. The number of ether oxygens (including phenoxy) is 1. The van der Waals surface area contributed by atoms with E-state index in [0.717, 1.165) is 49.9 Å². The van der Waals surface area contributed by atoms with Crippen LogP contribution < -0.4 is 4.74 Å². The highest BCUT2D eigenvalue weighted by Crippen LogP contribution is 2.38. The van der Waals surface area contributed by atoms with Crippen molar-refractivity contribution in [1.29, 1.82) is 0 Å². The third-order valence-electron chi connectivity index (χ3n) is 7.16. The van der Waals surface area contributed by atoms with E-state index in [1.54, 1.807) is 28.6 Å². The second-order valence-electron chi connectivity index (χ2n) is 10.1. The molecule has 2 aromatic rings. The van der Waals surface area contributed by atoms with Gasteiger partial charge >= 0.3 is 0 Å². The average Bonchev–Trinajstić information content (AvgIpc) is 2.85. The van der Waals surface area contributed by atoms with Gasteiger partial charge in [-0.1, -0.05) is 23.7 Å². The Morgan fingerprint density at radius 3 is 2.51 bits per heavy atom. The first-order chi connectivity index (χ1) is 16.7. The lowest BCUT2D eigenvalue weighted by atomic mass is 9.78. The van der Waals surface area contributed by atoms with Gasteiger partial charge in [-0.15, -0.1) is 0 Å². The van der Waals surface area contributed by atoms with Gasteiger partial charge in [0.1, 0.15) is 5.75 Å². The number of aryl methyl sites for hydroxylation is 2. The SMILES string of the molecule is Cc1cccc(S(=O)(=O)N2CCC[C@](COc3ccc(Cl)c(C)c3)(CC(=O)N3CCCCC3)C2)c1. The number of piperidine rings is 2. The number of carbonyl (C=O) groups excluding carboxylic acids is 1. The van der Waals surface area contributed by atoms with Crippen molar-refractivity contribution in [1.82, 2.24) is 9.21 Å². The number of nitrogens with zero attached hydrogens (tertiary/aromatic N) is 2. The molecule has 0 N–H and O–H groups in total. The minimum Gasteiger partial charge on any atom is -0.493 e. The zero-order chi connectivity index (χ0) is 25.1. The van der Waals surface area contributed by atoms with Crippen molar-refractivity contribution >= 4 is 27.5 Å². The Hall–Kier alpha value is -2.09. The van der Waals surface area contributed by atoms with Crippen LogP contribution in [-0.4, -0.2) is 56.3 Å². The number of benzene rings is 2. The summed E-state index contributed by atoms with van der Waals surface area (Å²) < 4.78 is 34.8. The Kier molecular flexibility index (Phi) is 8.09. The number of amides is 1. The van der Waals surface area contributed by atoms with Gasteiger partial charge in [-0.3, -0.25) is 4.79 Å². The van der Waals surface area contributed by atoms with E-state index in [-0.39, 0.29) is 25.5 Å². The van der Waals surface area contributed by atoms with Crippen LogP contribution in [0.25, 0.3) is 0 Å². The Balaban J connectivity index is 1.59. The summed E-state index contributed by atoms with van der Waals surface area (Å²) in [5, 5.41) is 0.667.